The number of carboxylic acids is 2. The molecular formula is C10H6O5. The highest BCUT2D eigenvalue weighted by Gasteiger charge is 2.24. The molecule has 0 aliphatic heterocycles. The lowest BCUT2D eigenvalue weighted by Gasteiger charge is -1.90. The zero-order chi connectivity index (χ0) is 11.0. The van der Waals surface area contributed by atoms with Crippen LogP contribution >= 0.6 is 0 Å². The van der Waals surface area contributed by atoms with Crippen molar-refractivity contribution in [3.63, 3.8) is 0 Å². The average molecular weight is 206 g/mol. The quantitative estimate of drug-likeness (QED) is 0.782. The van der Waals surface area contributed by atoms with Gasteiger partial charge in [-0.15, -0.1) is 0 Å². The first-order valence-electron chi connectivity index (χ1n) is 4.09. The molecule has 0 bridgehead atoms. The number of rotatable bonds is 2. The van der Waals surface area contributed by atoms with Crippen LogP contribution in [0.4, 0.5) is 0 Å². The van der Waals surface area contributed by atoms with Crippen LogP contribution in [0.5, 0.6) is 0 Å². The number of benzene rings is 1. The zero-order valence-electron chi connectivity index (χ0n) is 7.43. The summed E-state index contributed by atoms with van der Waals surface area (Å²) in [5, 5.41) is 17.9. The molecule has 5 nitrogen and oxygen atoms in total. The molecule has 2 rings (SSSR count). The lowest BCUT2D eigenvalue weighted by atomic mass is 10.1. The number of hydrogen-bond acceptors (Lipinski definition) is 3. The summed E-state index contributed by atoms with van der Waals surface area (Å²) in [5.41, 5.74) is -0.0506. The highest BCUT2D eigenvalue weighted by molar-refractivity contribution is 6.10. The van der Waals surface area contributed by atoms with E-state index in [4.69, 9.17) is 14.6 Å². The van der Waals surface area contributed by atoms with Crippen molar-refractivity contribution in [2.45, 2.75) is 0 Å². The maximum Gasteiger partial charge on any atom is 0.372 e. The molecule has 0 fully saturated rings. The summed E-state index contributed by atoms with van der Waals surface area (Å²) >= 11 is 0. The molecule has 1 aromatic heterocycles. The lowest BCUT2D eigenvalue weighted by Crippen LogP contribution is -2.04. The number of carbonyl (C=O) groups is 2. The summed E-state index contributed by atoms with van der Waals surface area (Å²) in [6.07, 6.45) is 0. The van der Waals surface area contributed by atoms with E-state index in [1.165, 1.54) is 12.1 Å². The topological polar surface area (TPSA) is 87.7 Å². The lowest BCUT2D eigenvalue weighted by molar-refractivity contribution is 0.0628. The van der Waals surface area contributed by atoms with E-state index in [0.717, 1.165) is 0 Å². The predicted molar refractivity (Wildman–Crippen MR) is 50.1 cm³/mol. The van der Waals surface area contributed by atoms with Crippen LogP contribution in [0.25, 0.3) is 11.0 Å². The van der Waals surface area contributed by atoms with Gasteiger partial charge < -0.3 is 14.6 Å². The number of hydrogen-bond donors (Lipinski definition) is 2. The number of para-hydroxylation sites is 1. The summed E-state index contributed by atoms with van der Waals surface area (Å²) in [5.74, 6) is -3.23. The first-order valence-corrected chi connectivity index (χ1v) is 4.09. The van der Waals surface area contributed by atoms with Gasteiger partial charge in [-0.3, -0.25) is 0 Å². The highest BCUT2D eigenvalue weighted by Crippen LogP contribution is 2.25. The summed E-state index contributed by atoms with van der Waals surface area (Å²) < 4.78 is 4.94. The van der Waals surface area contributed by atoms with E-state index in [0.29, 0.717) is 5.39 Å². The predicted octanol–water partition coefficient (Wildman–Crippen LogP) is 1.83. The summed E-state index contributed by atoms with van der Waals surface area (Å²) in [4.78, 5) is 21.6. The van der Waals surface area contributed by atoms with E-state index in [2.05, 4.69) is 0 Å². The summed E-state index contributed by atoms with van der Waals surface area (Å²) in [7, 11) is 0. The molecule has 2 N–H and O–H groups in total. The maximum absolute atomic E-state index is 10.9. The average Bonchev–Trinajstić information content (AvgIpc) is 2.56. The molecule has 15 heavy (non-hydrogen) atoms. The van der Waals surface area contributed by atoms with E-state index in [1.807, 2.05) is 0 Å². The van der Waals surface area contributed by atoms with Gasteiger partial charge in [0.05, 0.1) is 0 Å². The van der Waals surface area contributed by atoms with Crippen LogP contribution in [0.3, 0.4) is 0 Å². The van der Waals surface area contributed by atoms with Crippen LogP contribution in [-0.4, -0.2) is 22.2 Å². The van der Waals surface area contributed by atoms with Gasteiger partial charge in [0.1, 0.15) is 11.1 Å². The molecule has 0 spiro atoms. The van der Waals surface area contributed by atoms with Crippen molar-refractivity contribution >= 4 is 22.9 Å². The Hall–Kier alpha value is -2.30. The number of aromatic carboxylic acids is 2. The summed E-state index contributed by atoms with van der Waals surface area (Å²) in [6, 6.07) is 6.29. The van der Waals surface area contributed by atoms with Gasteiger partial charge in [-0.1, -0.05) is 18.2 Å². The van der Waals surface area contributed by atoms with Gasteiger partial charge in [-0.25, -0.2) is 9.59 Å². The highest BCUT2D eigenvalue weighted by atomic mass is 16.4. The van der Waals surface area contributed by atoms with Crippen LogP contribution < -0.4 is 0 Å². The zero-order valence-corrected chi connectivity index (χ0v) is 7.43. The van der Waals surface area contributed by atoms with Crippen molar-refractivity contribution < 1.29 is 24.2 Å². The number of furan rings is 1. The van der Waals surface area contributed by atoms with Gasteiger partial charge in [0.15, 0.2) is 0 Å². The monoisotopic (exact) mass is 206 g/mol. The molecule has 0 aliphatic carbocycles. The van der Waals surface area contributed by atoms with E-state index in [1.54, 1.807) is 12.1 Å². The minimum atomic E-state index is -1.39. The molecule has 2 aromatic rings. The van der Waals surface area contributed by atoms with Crippen molar-refractivity contribution in [3.8, 4) is 0 Å². The Morgan fingerprint density at radius 2 is 1.73 bits per heavy atom. The molecule has 0 saturated carbocycles. The smallest absolute Gasteiger partial charge is 0.372 e. The van der Waals surface area contributed by atoms with Gasteiger partial charge in [0, 0.05) is 5.39 Å². The van der Waals surface area contributed by atoms with Crippen LogP contribution in [0.2, 0.25) is 0 Å². The summed E-state index contributed by atoms with van der Waals surface area (Å²) in [6.45, 7) is 0. The Morgan fingerprint density at radius 3 is 2.33 bits per heavy atom. The number of carboxylic acid groups (broad SMARTS) is 2. The van der Waals surface area contributed by atoms with Gasteiger partial charge in [0.2, 0.25) is 5.76 Å². The second-order valence-corrected chi connectivity index (χ2v) is 2.91. The molecule has 0 radical (unpaired) electrons. The molecule has 1 heterocycles. The third-order valence-electron chi connectivity index (χ3n) is 2.00. The standard InChI is InChI=1S/C10H6O5/c11-9(12)7-5-3-1-2-4-6(5)15-8(7)10(13)14/h1-4H,(H,11,12)(H,13,14). The van der Waals surface area contributed by atoms with Gasteiger partial charge in [-0.05, 0) is 6.07 Å². The van der Waals surface area contributed by atoms with Crippen LogP contribution in [0.1, 0.15) is 20.9 Å². The Morgan fingerprint density at radius 1 is 1.07 bits per heavy atom. The minimum Gasteiger partial charge on any atom is -0.478 e. The van der Waals surface area contributed by atoms with Crippen molar-refractivity contribution in [3.05, 3.63) is 35.6 Å². The second-order valence-electron chi connectivity index (χ2n) is 2.91. The molecule has 0 amide bonds. The van der Waals surface area contributed by atoms with Crippen LogP contribution in [0.15, 0.2) is 28.7 Å². The molecule has 0 atom stereocenters. The molecule has 0 saturated heterocycles. The Balaban J connectivity index is 2.86. The van der Waals surface area contributed by atoms with E-state index in [9.17, 15) is 9.59 Å². The van der Waals surface area contributed by atoms with Gasteiger partial charge in [-0.2, -0.15) is 0 Å². The maximum atomic E-state index is 10.9. The molecule has 76 valence electrons. The second kappa shape index (κ2) is 3.13. The normalized spacial score (nSPS) is 10.4. The molecule has 0 aliphatic rings. The van der Waals surface area contributed by atoms with Gasteiger partial charge in [0.25, 0.3) is 0 Å². The molecular weight excluding hydrogens is 200 g/mol. The van der Waals surface area contributed by atoms with Crippen molar-refractivity contribution in [2.75, 3.05) is 0 Å². The van der Waals surface area contributed by atoms with E-state index in [-0.39, 0.29) is 11.1 Å². The third-order valence-corrected chi connectivity index (χ3v) is 2.00. The molecule has 1 aromatic carbocycles. The fourth-order valence-electron chi connectivity index (χ4n) is 1.41. The SMILES string of the molecule is O=C(O)c1oc2ccccc2c1C(=O)O. The fraction of sp³-hybridized carbons (Fsp3) is 0. The van der Waals surface area contributed by atoms with Crippen LogP contribution in [-0.2, 0) is 0 Å². The minimum absolute atomic E-state index is 0.257. The first-order chi connectivity index (χ1) is 7.11. The first kappa shape index (κ1) is 9.26. The van der Waals surface area contributed by atoms with E-state index >= 15 is 0 Å². The molecule has 0 unspecified atom stereocenters. The third kappa shape index (κ3) is 1.34. The van der Waals surface area contributed by atoms with Crippen LogP contribution in [0, 0.1) is 0 Å². The van der Waals surface area contributed by atoms with Gasteiger partial charge >= 0.3 is 11.9 Å². The number of fused-ring (bicyclic) bond motifs is 1. The molecule has 5 heteroatoms. The largest absolute Gasteiger partial charge is 0.478 e. The Labute approximate surface area is 83.5 Å². The van der Waals surface area contributed by atoms with Crippen molar-refractivity contribution in [1.82, 2.24) is 0 Å². The Bertz CT molecular complexity index is 552. The van der Waals surface area contributed by atoms with Crippen molar-refractivity contribution in [1.29, 1.82) is 0 Å². The Kier molecular flexibility index (Phi) is 1.93. The fourth-order valence-corrected chi connectivity index (χ4v) is 1.41. The van der Waals surface area contributed by atoms with Crippen molar-refractivity contribution in [2.24, 2.45) is 0 Å². The van der Waals surface area contributed by atoms with E-state index < -0.39 is 17.7 Å².